The van der Waals surface area contributed by atoms with Crippen LogP contribution in [0.3, 0.4) is 0 Å². The second kappa shape index (κ2) is 7.89. The first-order valence-corrected chi connectivity index (χ1v) is 9.47. The van der Waals surface area contributed by atoms with Gasteiger partial charge in [0.2, 0.25) is 5.91 Å². The maximum absolute atomic E-state index is 12.5. The Morgan fingerprint density at radius 1 is 1.17 bits per heavy atom. The summed E-state index contributed by atoms with van der Waals surface area (Å²) in [6, 6.07) is 0.359. The Morgan fingerprint density at radius 2 is 1.83 bits per heavy atom. The second-order valence-corrected chi connectivity index (χ2v) is 8.44. The summed E-state index contributed by atoms with van der Waals surface area (Å²) in [7, 11) is 1.12. The molecule has 2 aliphatic rings. The Kier molecular flexibility index (Phi) is 6.38. The predicted molar refractivity (Wildman–Crippen MR) is 87.2 cm³/mol. The zero-order valence-electron chi connectivity index (χ0n) is 14.2. The lowest BCUT2D eigenvalue weighted by Gasteiger charge is -2.34. The SMILES string of the molecule is CNC(=O)[C@H]1CN(C2CCOCC2)CCN(S(=O)(=O)N(C)C)C1. The molecule has 2 rings (SSSR count). The number of nitrogens with one attached hydrogen (secondary N) is 1. The molecule has 134 valence electrons. The van der Waals surface area contributed by atoms with E-state index in [9.17, 15) is 13.2 Å². The van der Waals surface area contributed by atoms with Crippen LogP contribution < -0.4 is 5.32 Å². The highest BCUT2D eigenvalue weighted by molar-refractivity contribution is 7.86. The molecule has 9 heteroatoms. The monoisotopic (exact) mass is 348 g/mol. The van der Waals surface area contributed by atoms with Crippen molar-refractivity contribution in [1.82, 2.24) is 18.8 Å². The summed E-state index contributed by atoms with van der Waals surface area (Å²) in [6.45, 7) is 3.32. The van der Waals surface area contributed by atoms with Crippen molar-refractivity contribution in [3.05, 3.63) is 0 Å². The van der Waals surface area contributed by atoms with Gasteiger partial charge in [-0.2, -0.15) is 17.0 Å². The van der Waals surface area contributed by atoms with Gasteiger partial charge in [-0.05, 0) is 12.8 Å². The Balaban J connectivity index is 2.17. The van der Waals surface area contributed by atoms with Crippen molar-refractivity contribution >= 4 is 16.1 Å². The Bertz CT molecular complexity index is 505. The van der Waals surface area contributed by atoms with Gasteiger partial charge in [-0.3, -0.25) is 9.69 Å². The van der Waals surface area contributed by atoms with Crippen molar-refractivity contribution in [2.24, 2.45) is 5.92 Å². The van der Waals surface area contributed by atoms with E-state index in [1.54, 1.807) is 7.05 Å². The minimum atomic E-state index is -3.52. The average Bonchev–Trinajstić information content (AvgIpc) is 2.78. The van der Waals surface area contributed by atoms with Crippen LogP contribution in [0.4, 0.5) is 0 Å². The summed E-state index contributed by atoms with van der Waals surface area (Å²) in [4.78, 5) is 14.5. The van der Waals surface area contributed by atoms with Crippen molar-refractivity contribution in [3.8, 4) is 0 Å². The van der Waals surface area contributed by atoms with Crippen LogP contribution in [-0.2, 0) is 19.7 Å². The van der Waals surface area contributed by atoms with Crippen molar-refractivity contribution in [1.29, 1.82) is 0 Å². The molecule has 0 aliphatic carbocycles. The Morgan fingerprint density at radius 3 is 2.39 bits per heavy atom. The minimum absolute atomic E-state index is 0.108. The fourth-order valence-corrected chi connectivity index (χ4v) is 4.34. The number of carbonyl (C=O) groups is 1. The molecule has 0 saturated carbocycles. The number of rotatable bonds is 4. The zero-order chi connectivity index (χ0) is 17.0. The first-order chi connectivity index (χ1) is 10.9. The Labute approximate surface area is 138 Å². The second-order valence-electron chi connectivity index (χ2n) is 6.30. The van der Waals surface area contributed by atoms with Crippen LogP contribution in [0.1, 0.15) is 12.8 Å². The highest BCUT2D eigenvalue weighted by atomic mass is 32.2. The van der Waals surface area contributed by atoms with Crippen LogP contribution in [0.15, 0.2) is 0 Å². The first-order valence-electron chi connectivity index (χ1n) is 8.07. The van der Waals surface area contributed by atoms with E-state index in [1.807, 2.05) is 0 Å². The summed E-state index contributed by atoms with van der Waals surface area (Å²) in [5.41, 5.74) is 0. The van der Waals surface area contributed by atoms with Crippen molar-refractivity contribution in [2.45, 2.75) is 18.9 Å². The smallest absolute Gasteiger partial charge is 0.281 e. The molecule has 0 aromatic rings. The molecule has 8 nitrogen and oxygen atoms in total. The highest BCUT2D eigenvalue weighted by Crippen LogP contribution is 2.21. The van der Waals surface area contributed by atoms with Gasteiger partial charge < -0.3 is 10.1 Å². The quantitative estimate of drug-likeness (QED) is 0.701. The molecule has 2 fully saturated rings. The van der Waals surface area contributed by atoms with Crippen LogP contribution in [-0.4, -0.2) is 94.4 Å². The number of ether oxygens (including phenoxy) is 1. The third-order valence-corrected chi connectivity index (χ3v) is 6.53. The molecule has 0 aromatic heterocycles. The Hall–Kier alpha value is -0.740. The van der Waals surface area contributed by atoms with E-state index in [1.165, 1.54) is 22.7 Å². The summed E-state index contributed by atoms with van der Waals surface area (Å²) >= 11 is 0. The number of hydrogen-bond acceptors (Lipinski definition) is 5. The average molecular weight is 348 g/mol. The number of amides is 1. The van der Waals surface area contributed by atoms with Gasteiger partial charge in [0.05, 0.1) is 5.92 Å². The molecule has 0 bridgehead atoms. The third kappa shape index (κ3) is 4.42. The molecule has 2 saturated heterocycles. The third-order valence-electron chi connectivity index (χ3n) is 4.63. The standard InChI is InChI=1S/C14H28N4O4S/c1-15-14(19)12-10-17(13-4-8-22-9-5-13)6-7-18(11-12)23(20,21)16(2)3/h12-13H,4-11H2,1-3H3,(H,15,19)/t12-/m0/s1. The number of hydrogen-bond donors (Lipinski definition) is 1. The summed E-state index contributed by atoms with van der Waals surface area (Å²) in [5, 5.41) is 2.66. The largest absolute Gasteiger partial charge is 0.381 e. The van der Waals surface area contributed by atoms with E-state index in [0.29, 0.717) is 25.7 Å². The molecule has 0 aromatic carbocycles. The molecular formula is C14H28N4O4S. The van der Waals surface area contributed by atoms with Crippen molar-refractivity contribution < 1.29 is 17.9 Å². The summed E-state index contributed by atoms with van der Waals surface area (Å²) in [6.07, 6.45) is 1.86. The number of nitrogens with zero attached hydrogens (tertiary/aromatic N) is 3. The van der Waals surface area contributed by atoms with E-state index in [2.05, 4.69) is 10.2 Å². The normalized spacial score (nSPS) is 26.2. The van der Waals surface area contributed by atoms with Gasteiger partial charge in [-0.15, -0.1) is 0 Å². The molecule has 1 atom stereocenters. The predicted octanol–water partition coefficient (Wildman–Crippen LogP) is -1.05. The molecule has 0 spiro atoms. The van der Waals surface area contributed by atoms with E-state index in [0.717, 1.165) is 26.1 Å². The molecule has 1 amide bonds. The van der Waals surface area contributed by atoms with E-state index in [-0.39, 0.29) is 18.4 Å². The lowest BCUT2D eigenvalue weighted by atomic mass is 10.0. The fourth-order valence-electron chi connectivity index (χ4n) is 3.20. The van der Waals surface area contributed by atoms with Gasteiger partial charge in [0.1, 0.15) is 0 Å². The minimum Gasteiger partial charge on any atom is -0.381 e. The van der Waals surface area contributed by atoms with Crippen LogP contribution in [0.5, 0.6) is 0 Å². The van der Waals surface area contributed by atoms with Gasteiger partial charge in [-0.1, -0.05) is 0 Å². The molecular weight excluding hydrogens is 320 g/mol. The van der Waals surface area contributed by atoms with Gasteiger partial charge >= 0.3 is 0 Å². The lowest BCUT2D eigenvalue weighted by molar-refractivity contribution is -0.125. The van der Waals surface area contributed by atoms with Crippen LogP contribution >= 0.6 is 0 Å². The van der Waals surface area contributed by atoms with Crippen LogP contribution in [0, 0.1) is 5.92 Å². The van der Waals surface area contributed by atoms with E-state index in [4.69, 9.17) is 4.74 Å². The zero-order valence-corrected chi connectivity index (χ0v) is 15.0. The van der Waals surface area contributed by atoms with Gasteiger partial charge in [-0.25, -0.2) is 0 Å². The van der Waals surface area contributed by atoms with Gasteiger partial charge in [0.25, 0.3) is 10.2 Å². The topological polar surface area (TPSA) is 82.2 Å². The molecule has 1 N–H and O–H groups in total. The van der Waals surface area contributed by atoms with Crippen LogP contribution in [0.2, 0.25) is 0 Å². The molecule has 0 unspecified atom stereocenters. The molecule has 23 heavy (non-hydrogen) atoms. The van der Waals surface area contributed by atoms with Crippen molar-refractivity contribution in [3.63, 3.8) is 0 Å². The van der Waals surface area contributed by atoms with E-state index < -0.39 is 10.2 Å². The van der Waals surface area contributed by atoms with E-state index >= 15 is 0 Å². The highest BCUT2D eigenvalue weighted by Gasteiger charge is 2.36. The summed E-state index contributed by atoms with van der Waals surface area (Å²) < 4.78 is 33.0. The van der Waals surface area contributed by atoms with Gasteiger partial charge in [0.15, 0.2) is 0 Å². The fraction of sp³-hybridized carbons (Fsp3) is 0.929. The number of carbonyl (C=O) groups excluding carboxylic acids is 1. The molecule has 2 aliphatic heterocycles. The maximum Gasteiger partial charge on any atom is 0.281 e. The molecule has 2 heterocycles. The van der Waals surface area contributed by atoms with Gasteiger partial charge in [0, 0.05) is 66.6 Å². The van der Waals surface area contributed by atoms with Crippen molar-refractivity contribution in [2.75, 3.05) is 60.5 Å². The molecule has 0 radical (unpaired) electrons. The lowest BCUT2D eigenvalue weighted by Crippen LogP contribution is -2.45. The van der Waals surface area contributed by atoms with Crippen LogP contribution in [0.25, 0.3) is 0 Å². The summed E-state index contributed by atoms with van der Waals surface area (Å²) in [5.74, 6) is -0.469. The first kappa shape index (κ1) is 18.6. The maximum atomic E-state index is 12.5.